The summed E-state index contributed by atoms with van der Waals surface area (Å²) in [4.78, 5) is 0. The third kappa shape index (κ3) is 6.67. The first-order valence-electron chi connectivity index (χ1n) is 9.61. The first-order chi connectivity index (χ1) is 10.8. The van der Waals surface area contributed by atoms with E-state index >= 15 is 0 Å². The van der Waals surface area contributed by atoms with E-state index < -0.39 is 5.60 Å². The molecule has 2 unspecified atom stereocenters. The molecule has 0 amide bonds. The molecule has 23 heavy (non-hydrogen) atoms. The van der Waals surface area contributed by atoms with Gasteiger partial charge >= 0.3 is 0 Å². The largest absolute Gasteiger partial charge is 0.390 e. The topological polar surface area (TPSA) is 20.2 Å². The molecule has 0 spiro atoms. The van der Waals surface area contributed by atoms with Gasteiger partial charge in [0.2, 0.25) is 0 Å². The molecule has 1 heteroatoms. The van der Waals surface area contributed by atoms with Gasteiger partial charge in [0.25, 0.3) is 0 Å². The molecule has 1 rings (SSSR count). The molecule has 1 aromatic carbocycles. The number of aliphatic hydroxyl groups is 1. The molecule has 0 aliphatic rings. The molecule has 0 bridgehead atoms. The zero-order valence-electron chi connectivity index (χ0n) is 16.1. The van der Waals surface area contributed by atoms with Crippen LogP contribution in [0, 0.1) is 5.92 Å². The van der Waals surface area contributed by atoms with Crippen molar-refractivity contribution in [3.05, 3.63) is 35.9 Å². The van der Waals surface area contributed by atoms with Crippen LogP contribution in [0.5, 0.6) is 0 Å². The van der Waals surface area contributed by atoms with Crippen LogP contribution in [0.4, 0.5) is 0 Å². The smallest absolute Gasteiger partial charge is 0.0622 e. The van der Waals surface area contributed by atoms with E-state index in [4.69, 9.17) is 0 Å². The number of benzene rings is 1. The molecule has 1 aromatic rings. The SMILES string of the molecule is CCCCCC(CC(C)(O)CCCC)C(C)(C)c1ccccc1. The molecule has 0 saturated carbocycles. The van der Waals surface area contributed by atoms with Crippen molar-refractivity contribution in [3.63, 3.8) is 0 Å². The Morgan fingerprint density at radius 2 is 1.52 bits per heavy atom. The minimum Gasteiger partial charge on any atom is -0.390 e. The second kappa shape index (κ2) is 9.47. The van der Waals surface area contributed by atoms with Crippen LogP contribution in [-0.4, -0.2) is 10.7 Å². The monoisotopic (exact) mass is 318 g/mol. The summed E-state index contributed by atoms with van der Waals surface area (Å²) >= 11 is 0. The lowest BCUT2D eigenvalue weighted by atomic mass is 9.67. The third-order valence-corrected chi connectivity index (χ3v) is 5.45. The second-order valence-electron chi connectivity index (χ2n) is 8.09. The van der Waals surface area contributed by atoms with Crippen molar-refractivity contribution in [2.24, 2.45) is 5.92 Å². The Balaban J connectivity index is 2.90. The first kappa shape index (κ1) is 20.2. The van der Waals surface area contributed by atoms with Crippen LogP contribution in [0.15, 0.2) is 30.3 Å². The molecule has 0 aliphatic carbocycles. The number of unbranched alkanes of at least 4 members (excludes halogenated alkanes) is 3. The normalized spacial score (nSPS) is 16.1. The lowest BCUT2D eigenvalue weighted by molar-refractivity contribution is 0.00972. The van der Waals surface area contributed by atoms with Crippen LogP contribution >= 0.6 is 0 Å². The van der Waals surface area contributed by atoms with E-state index in [1.807, 2.05) is 6.92 Å². The molecular formula is C22H38O. The van der Waals surface area contributed by atoms with Gasteiger partial charge in [0.1, 0.15) is 0 Å². The molecule has 0 aromatic heterocycles. The van der Waals surface area contributed by atoms with Gasteiger partial charge in [-0.15, -0.1) is 0 Å². The van der Waals surface area contributed by atoms with Crippen molar-refractivity contribution in [1.82, 2.24) is 0 Å². The summed E-state index contributed by atoms with van der Waals surface area (Å²) < 4.78 is 0. The molecule has 0 heterocycles. The van der Waals surface area contributed by atoms with Crippen LogP contribution in [0.3, 0.4) is 0 Å². The third-order valence-electron chi connectivity index (χ3n) is 5.45. The van der Waals surface area contributed by atoms with E-state index in [9.17, 15) is 5.11 Å². The summed E-state index contributed by atoms with van der Waals surface area (Å²) in [5.74, 6) is 0.517. The Morgan fingerprint density at radius 3 is 2.09 bits per heavy atom. The molecule has 1 nitrogen and oxygen atoms in total. The van der Waals surface area contributed by atoms with Crippen LogP contribution in [0.25, 0.3) is 0 Å². The fraction of sp³-hybridized carbons (Fsp3) is 0.727. The highest BCUT2D eigenvalue weighted by atomic mass is 16.3. The summed E-state index contributed by atoms with van der Waals surface area (Å²) in [6.07, 6.45) is 9.10. The van der Waals surface area contributed by atoms with E-state index in [2.05, 4.69) is 58.0 Å². The fourth-order valence-electron chi connectivity index (χ4n) is 3.65. The zero-order chi connectivity index (χ0) is 17.3. The van der Waals surface area contributed by atoms with Crippen molar-refractivity contribution >= 4 is 0 Å². The van der Waals surface area contributed by atoms with Crippen LogP contribution in [0.1, 0.15) is 91.5 Å². The number of hydrogen-bond donors (Lipinski definition) is 1. The Hall–Kier alpha value is -0.820. The Labute approximate surface area is 144 Å². The maximum Gasteiger partial charge on any atom is 0.0622 e. The highest BCUT2D eigenvalue weighted by molar-refractivity contribution is 5.24. The lowest BCUT2D eigenvalue weighted by Crippen LogP contribution is -2.36. The van der Waals surface area contributed by atoms with Gasteiger partial charge < -0.3 is 5.11 Å². The summed E-state index contributed by atoms with van der Waals surface area (Å²) in [6.45, 7) is 11.2. The second-order valence-corrected chi connectivity index (χ2v) is 8.09. The molecular weight excluding hydrogens is 280 g/mol. The average Bonchev–Trinajstić information content (AvgIpc) is 2.53. The van der Waals surface area contributed by atoms with Crippen molar-refractivity contribution < 1.29 is 5.11 Å². The Morgan fingerprint density at radius 1 is 0.913 bits per heavy atom. The van der Waals surface area contributed by atoms with E-state index in [1.54, 1.807) is 0 Å². The molecule has 2 atom stereocenters. The zero-order valence-corrected chi connectivity index (χ0v) is 16.1. The van der Waals surface area contributed by atoms with Crippen LogP contribution in [0.2, 0.25) is 0 Å². The maximum atomic E-state index is 10.9. The van der Waals surface area contributed by atoms with E-state index in [-0.39, 0.29) is 5.41 Å². The molecule has 0 fully saturated rings. The van der Waals surface area contributed by atoms with Crippen LogP contribution in [-0.2, 0) is 5.41 Å². The summed E-state index contributed by atoms with van der Waals surface area (Å²) in [5, 5.41) is 10.9. The standard InChI is InChI=1S/C22H38O/c1-6-8-11-16-20(18-22(5,23)17-9-7-2)21(3,4)19-14-12-10-13-15-19/h10,12-15,20,23H,6-9,11,16-18H2,1-5H3. The van der Waals surface area contributed by atoms with Gasteiger partial charge in [-0.25, -0.2) is 0 Å². The summed E-state index contributed by atoms with van der Waals surface area (Å²) in [6, 6.07) is 10.8. The Kier molecular flexibility index (Phi) is 8.33. The van der Waals surface area contributed by atoms with E-state index in [0.717, 1.165) is 25.7 Å². The minimum absolute atomic E-state index is 0.102. The van der Waals surface area contributed by atoms with Crippen molar-refractivity contribution in [2.75, 3.05) is 0 Å². The minimum atomic E-state index is -0.543. The van der Waals surface area contributed by atoms with Crippen molar-refractivity contribution in [2.45, 2.75) is 97.0 Å². The quantitative estimate of drug-likeness (QED) is 0.462. The molecule has 1 N–H and O–H groups in total. The summed E-state index contributed by atoms with van der Waals surface area (Å²) in [7, 11) is 0. The average molecular weight is 319 g/mol. The predicted molar refractivity (Wildman–Crippen MR) is 102 cm³/mol. The van der Waals surface area contributed by atoms with Crippen LogP contribution < -0.4 is 0 Å². The highest BCUT2D eigenvalue weighted by Crippen LogP contribution is 2.40. The summed E-state index contributed by atoms with van der Waals surface area (Å²) in [5.41, 5.74) is 0.956. The van der Waals surface area contributed by atoms with E-state index in [0.29, 0.717) is 5.92 Å². The predicted octanol–water partition coefficient (Wildman–Crippen LogP) is 6.49. The van der Waals surface area contributed by atoms with Gasteiger partial charge in [0.05, 0.1) is 5.60 Å². The van der Waals surface area contributed by atoms with E-state index in [1.165, 1.54) is 31.2 Å². The molecule has 0 radical (unpaired) electrons. The van der Waals surface area contributed by atoms with Gasteiger partial charge in [-0.3, -0.25) is 0 Å². The highest BCUT2D eigenvalue weighted by Gasteiger charge is 2.35. The lowest BCUT2D eigenvalue weighted by Gasteiger charge is -2.39. The number of hydrogen-bond acceptors (Lipinski definition) is 1. The van der Waals surface area contributed by atoms with Gasteiger partial charge in [-0.1, -0.05) is 90.1 Å². The molecule has 0 saturated heterocycles. The first-order valence-corrected chi connectivity index (χ1v) is 9.61. The van der Waals surface area contributed by atoms with Gasteiger partial charge in [0.15, 0.2) is 0 Å². The Bertz CT molecular complexity index is 419. The van der Waals surface area contributed by atoms with Crippen molar-refractivity contribution in [1.29, 1.82) is 0 Å². The van der Waals surface area contributed by atoms with Gasteiger partial charge in [0, 0.05) is 0 Å². The van der Waals surface area contributed by atoms with Gasteiger partial charge in [-0.2, -0.15) is 0 Å². The number of rotatable bonds is 11. The maximum absolute atomic E-state index is 10.9. The van der Waals surface area contributed by atoms with Gasteiger partial charge in [-0.05, 0) is 43.1 Å². The molecule has 132 valence electrons. The van der Waals surface area contributed by atoms with Crippen molar-refractivity contribution in [3.8, 4) is 0 Å². The molecule has 0 aliphatic heterocycles. The fourth-order valence-corrected chi connectivity index (χ4v) is 3.65.